The van der Waals surface area contributed by atoms with Crippen LogP contribution in [0.15, 0.2) is 53.5 Å². The number of nitrogens with zero attached hydrogens (tertiary/aromatic N) is 4. The van der Waals surface area contributed by atoms with E-state index in [1.165, 1.54) is 34.2 Å². The maximum absolute atomic E-state index is 12.7. The van der Waals surface area contributed by atoms with Gasteiger partial charge in [0.1, 0.15) is 5.75 Å². The molecule has 0 aliphatic carbocycles. The molecule has 2 heterocycles. The highest BCUT2D eigenvalue weighted by atomic mass is 35.5. The SMILES string of the molecule is C=CCn1c(SCC(=O)Nc2nc(-c3ccc(C)c(C)c3)cs2)nnc1C(C)Oc1cc(C)c(Cl)c(C)c1. The lowest BCUT2D eigenvalue weighted by atomic mass is 10.1. The molecule has 1 N–H and O–H groups in total. The lowest BCUT2D eigenvalue weighted by molar-refractivity contribution is -0.113. The van der Waals surface area contributed by atoms with E-state index in [4.69, 9.17) is 16.3 Å². The van der Waals surface area contributed by atoms with Crippen LogP contribution in [-0.4, -0.2) is 31.4 Å². The van der Waals surface area contributed by atoms with E-state index in [0.717, 1.165) is 27.4 Å². The number of halogens is 1. The first-order chi connectivity index (χ1) is 18.2. The van der Waals surface area contributed by atoms with Crippen LogP contribution >= 0.6 is 34.7 Å². The second-order valence-electron chi connectivity index (χ2n) is 9.04. The number of hydrogen-bond donors (Lipinski definition) is 1. The molecular formula is C28H30ClN5O2S2. The van der Waals surface area contributed by atoms with Crippen molar-refractivity contribution < 1.29 is 9.53 Å². The highest BCUT2D eigenvalue weighted by Crippen LogP contribution is 2.30. The fraction of sp³-hybridized carbons (Fsp3) is 0.286. The van der Waals surface area contributed by atoms with Crippen molar-refractivity contribution in [3.05, 3.63) is 81.5 Å². The molecule has 2 aromatic carbocycles. The van der Waals surface area contributed by atoms with E-state index in [9.17, 15) is 4.79 Å². The molecule has 0 saturated carbocycles. The van der Waals surface area contributed by atoms with Gasteiger partial charge in [-0.1, -0.05) is 41.6 Å². The summed E-state index contributed by atoms with van der Waals surface area (Å²) in [5, 5.41) is 15.4. The number of thiazole rings is 1. The molecule has 1 atom stereocenters. The van der Waals surface area contributed by atoms with E-state index in [0.29, 0.717) is 28.4 Å². The number of anilines is 1. The largest absolute Gasteiger partial charge is 0.483 e. The van der Waals surface area contributed by atoms with Crippen molar-refractivity contribution in [2.24, 2.45) is 0 Å². The Hall–Kier alpha value is -3.14. The Kier molecular flexibility index (Phi) is 8.91. The number of rotatable bonds is 10. The van der Waals surface area contributed by atoms with Gasteiger partial charge in [-0.25, -0.2) is 4.98 Å². The Morgan fingerprint density at radius 3 is 2.58 bits per heavy atom. The van der Waals surface area contributed by atoms with Gasteiger partial charge in [0, 0.05) is 22.5 Å². The Bertz CT molecular complexity index is 1460. The first-order valence-corrected chi connectivity index (χ1v) is 14.3. The van der Waals surface area contributed by atoms with E-state index in [2.05, 4.69) is 53.1 Å². The molecule has 4 rings (SSSR count). The highest BCUT2D eigenvalue weighted by molar-refractivity contribution is 7.99. The summed E-state index contributed by atoms with van der Waals surface area (Å²) in [5.41, 5.74) is 6.22. The quantitative estimate of drug-likeness (QED) is 0.159. The van der Waals surface area contributed by atoms with E-state index in [1.807, 2.05) is 48.9 Å². The Morgan fingerprint density at radius 1 is 1.16 bits per heavy atom. The van der Waals surface area contributed by atoms with Crippen molar-refractivity contribution in [2.75, 3.05) is 11.1 Å². The fourth-order valence-corrected chi connectivity index (χ4v) is 5.49. The number of aromatic nitrogens is 4. The van der Waals surface area contributed by atoms with Gasteiger partial charge in [-0.2, -0.15) is 0 Å². The molecule has 2 aromatic heterocycles. The summed E-state index contributed by atoms with van der Waals surface area (Å²) >= 11 is 9.00. The summed E-state index contributed by atoms with van der Waals surface area (Å²) in [5.74, 6) is 1.36. The normalized spacial score (nSPS) is 11.8. The first kappa shape index (κ1) is 27.9. The zero-order valence-electron chi connectivity index (χ0n) is 22.0. The van der Waals surface area contributed by atoms with Crippen LogP contribution in [0.25, 0.3) is 11.3 Å². The molecule has 0 aliphatic heterocycles. The molecule has 1 unspecified atom stereocenters. The van der Waals surface area contributed by atoms with Gasteiger partial charge in [0.15, 0.2) is 22.2 Å². The summed E-state index contributed by atoms with van der Waals surface area (Å²) < 4.78 is 8.07. The number of nitrogens with one attached hydrogen (secondary N) is 1. The second kappa shape index (κ2) is 12.1. The summed E-state index contributed by atoms with van der Waals surface area (Å²) in [6, 6.07) is 10.0. The molecule has 0 radical (unpaired) electrons. The third kappa shape index (κ3) is 6.46. The zero-order valence-corrected chi connectivity index (χ0v) is 24.4. The summed E-state index contributed by atoms with van der Waals surface area (Å²) in [7, 11) is 0. The standard InChI is InChI=1S/C28H30ClN5O2S2/c1-7-10-34-26(20(6)36-22-12-18(4)25(29)19(5)13-22)32-33-28(34)38-15-24(35)31-27-30-23(14-37-27)21-9-8-16(2)17(3)11-21/h7-9,11-14,20H,1,10,15H2,2-6H3,(H,30,31,35). The minimum Gasteiger partial charge on any atom is -0.483 e. The molecule has 4 aromatic rings. The molecule has 10 heteroatoms. The van der Waals surface area contributed by atoms with Crippen molar-refractivity contribution in [2.45, 2.75) is 52.4 Å². The number of aryl methyl sites for hydroxylation is 4. The van der Waals surface area contributed by atoms with Crippen molar-refractivity contribution in [3.63, 3.8) is 0 Å². The van der Waals surface area contributed by atoms with Crippen LogP contribution in [0, 0.1) is 27.7 Å². The van der Waals surface area contributed by atoms with Gasteiger partial charge >= 0.3 is 0 Å². The topological polar surface area (TPSA) is 81.9 Å². The summed E-state index contributed by atoms with van der Waals surface area (Å²) in [4.78, 5) is 17.3. The lowest BCUT2D eigenvalue weighted by Gasteiger charge is -2.17. The molecule has 0 saturated heterocycles. The predicted molar refractivity (Wildman–Crippen MR) is 157 cm³/mol. The maximum atomic E-state index is 12.7. The van der Waals surface area contributed by atoms with Crippen molar-refractivity contribution in [1.82, 2.24) is 19.7 Å². The van der Waals surface area contributed by atoms with E-state index in [1.54, 1.807) is 6.08 Å². The van der Waals surface area contributed by atoms with Crippen LogP contribution in [-0.2, 0) is 11.3 Å². The minimum absolute atomic E-state index is 0.165. The van der Waals surface area contributed by atoms with Gasteiger partial charge in [-0.05, 0) is 75.1 Å². The maximum Gasteiger partial charge on any atom is 0.236 e. The molecule has 0 fully saturated rings. The number of carbonyl (C=O) groups is 1. The number of hydrogen-bond acceptors (Lipinski definition) is 7. The average Bonchev–Trinajstić information content (AvgIpc) is 3.50. The summed E-state index contributed by atoms with van der Waals surface area (Å²) in [6.07, 6.45) is 1.40. The average molecular weight is 568 g/mol. The van der Waals surface area contributed by atoms with Crippen LogP contribution in [0.2, 0.25) is 5.02 Å². The van der Waals surface area contributed by atoms with E-state index in [-0.39, 0.29) is 17.8 Å². The Morgan fingerprint density at radius 2 is 1.89 bits per heavy atom. The predicted octanol–water partition coefficient (Wildman–Crippen LogP) is 7.35. The molecule has 0 spiro atoms. The second-order valence-corrected chi connectivity index (χ2v) is 11.2. The molecule has 1 amide bonds. The van der Waals surface area contributed by atoms with Crippen LogP contribution < -0.4 is 10.1 Å². The Balaban J connectivity index is 1.40. The smallest absolute Gasteiger partial charge is 0.236 e. The van der Waals surface area contributed by atoms with Gasteiger partial charge in [0.2, 0.25) is 5.91 Å². The van der Waals surface area contributed by atoms with E-state index < -0.39 is 0 Å². The van der Waals surface area contributed by atoms with Gasteiger partial charge in [0.05, 0.1) is 11.4 Å². The lowest BCUT2D eigenvalue weighted by Crippen LogP contribution is -2.15. The molecule has 198 valence electrons. The van der Waals surface area contributed by atoms with E-state index >= 15 is 0 Å². The molecular weight excluding hydrogens is 538 g/mol. The van der Waals surface area contributed by atoms with Gasteiger partial charge in [0.25, 0.3) is 0 Å². The van der Waals surface area contributed by atoms with Gasteiger partial charge < -0.3 is 10.1 Å². The van der Waals surface area contributed by atoms with Crippen LogP contribution in [0.4, 0.5) is 5.13 Å². The Labute approximate surface area is 236 Å². The number of thioether (sulfide) groups is 1. The van der Waals surface area contributed by atoms with Crippen LogP contribution in [0.3, 0.4) is 0 Å². The third-order valence-corrected chi connectivity index (χ3v) is 8.35. The van der Waals surface area contributed by atoms with Crippen LogP contribution in [0.1, 0.15) is 41.1 Å². The van der Waals surface area contributed by atoms with Crippen molar-refractivity contribution in [3.8, 4) is 17.0 Å². The van der Waals surface area contributed by atoms with Crippen molar-refractivity contribution >= 4 is 45.7 Å². The number of carbonyl (C=O) groups excluding carboxylic acids is 1. The molecule has 0 aliphatic rings. The molecule has 7 nitrogen and oxygen atoms in total. The highest BCUT2D eigenvalue weighted by Gasteiger charge is 2.20. The van der Waals surface area contributed by atoms with Gasteiger partial charge in [-0.15, -0.1) is 28.1 Å². The third-order valence-electron chi connectivity index (χ3n) is 6.03. The van der Waals surface area contributed by atoms with Crippen LogP contribution in [0.5, 0.6) is 5.75 Å². The fourth-order valence-electron chi connectivity index (χ4n) is 3.89. The number of amides is 1. The molecule has 0 bridgehead atoms. The number of ether oxygens (including phenoxy) is 1. The molecule has 38 heavy (non-hydrogen) atoms. The monoisotopic (exact) mass is 567 g/mol. The minimum atomic E-state index is -0.371. The number of allylic oxidation sites excluding steroid dienone is 1. The first-order valence-electron chi connectivity index (χ1n) is 12.1. The number of benzene rings is 2. The van der Waals surface area contributed by atoms with Crippen molar-refractivity contribution in [1.29, 1.82) is 0 Å². The van der Waals surface area contributed by atoms with Gasteiger partial charge in [-0.3, -0.25) is 9.36 Å². The summed E-state index contributed by atoms with van der Waals surface area (Å²) in [6.45, 7) is 14.3. The zero-order chi connectivity index (χ0) is 27.4.